The molecule has 0 aromatic heterocycles. The van der Waals surface area contributed by atoms with Crippen LogP contribution in [0.15, 0.2) is 42.5 Å². The number of hydrogen-bond acceptors (Lipinski definition) is 2. The Balaban J connectivity index is 1.77. The van der Waals surface area contributed by atoms with Crippen LogP contribution in [0.1, 0.15) is 22.3 Å². The van der Waals surface area contributed by atoms with Crippen molar-refractivity contribution in [2.24, 2.45) is 0 Å². The maximum absolute atomic E-state index is 13.1. The molecular weight excluding hydrogens is 304 g/mol. The quantitative estimate of drug-likeness (QED) is 0.752. The van der Waals surface area contributed by atoms with Crippen molar-refractivity contribution in [3.05, 3.63) is 64.7 Å². The Morgan fingerprint density at radius 3 is 2.35 bits per heavy atom. The summed E-state index contributed by atoms with van der Waals surface area (Å²) in [7, 11) is 0. The van der Waals surface area contributed by atoms with Gasteiger partial charge in [-0.15, -0.1) is 0 Å². The number of anilines is 1. The molecule has 0 spiro atoms. The van der Waals surface area contributed by atoms with Crippen LogP contribution in [-0.4, -0.2) is 22.0 Å². The van der Waals surface area contributed by atoms with Crippen LogP contribution in [0.2, 0.25) is 0 Å². The van der Waals surface area contributed by atoms with Gasteiger partial charge in [-0.3, -0.25) is 9.69 Å². The highest BCUT2D eigenvalue weighted by Gasteiger charge is 2.45. The lowest BCUT2D eigenvalue weighted by Crippen LogP contribution is -2.39. The molecule has 1 saturated heterocycles. The van der Waals surface area contributed by atoms with Crippen LogP contribution in [-0.2, 0) is 17.8 Å². The fourth-order valence-electron chi connectivity index (χ4n) is 3.68. The van der Waals surface area contributed by atoms with Gasteiger partial charge in [-0.1, -0.05) is 42.5 Å². The lowest BCUT2D eigenvalue weighted by atomic mass is 9.95. The van der Waals surface area contributed by atoms with Gasteiger partial charge in [0.15, 0.2) is 5.11 Å². The smallest absolute Gasteiger partial charge is 0.256 e. The van der Waals surface area contributed by atoms with Gasteiger partial charge in [-0.25, -0.2) is 0 Å². The molecule has 23 heavy (non-hydrogen) atoms. The highest BCUT2D eigenvalue weighted by molar-refractivity contribution is 7.80. The van der Waals surface area contributed by atoms with Gasteiger partial charge >= 0.3 is 0 Å². The number of aryl methyl sites for hydroxylation is 2. The first-order valence-electron chi connectivity index (χ1n) is 7.85. The Hall–Kier alpha value is -2.20. The number of amides is 1. The molecular formula is C19H18N2OS. The number of benzene rings is 2. The molecule has 0 aliphatic carbocycles. The summed E-state index contributed by atoms with van der Waals surface area (Å²) in [4.78, 5) is 16.9. The van der Waals surface area contributed by atoms with Crippen LogP contribution >= 0.6 is 12.2 Å². The number of thiocarbonyl (C=S) groups is 1. The fourth-order valence-corrected chi connectivity index (χ4v) is 4.05. The van der Waals surface area contributed by atoms with E-state index in [4.69, 9.17) is 12.2 Å². The molecule has 1 atom stereocenters. The summed E-state index contributed by atoms with van der Waals surface area (Å²) in [6.45, 7) is 4.78. The van der Waals surface area contributed by atoms with E-state index in [1.54, 1.807) is 4.90 Å². The van der Waals surface area contributed by atoms with E-state index in [1.807, 2.05) is 44.2 Å². The molecule has 1 fully saturated rings. The van der Waals surface area contributed by atoms with E-state index in [0.717, 1.165) is 23.2 Å². The van der Waals surface area contributed by atoms with Gasteiger partial charge in [-0.05, 0) is 48.3 Å². The van der Waals surface area contributed by atoms with E-state index in [2.05, 4.69) is 17.0 Å². The van der Waals surface area contributed by atoms with E-state index in [0.29, 0.717) is 11.7 Å². The van der Waals surface area contributed by atoms with Crippen molar-refractivity contribution in [2.45, 2.75) is 32.9 Å². The second kappa shape index (κ2) is 5.17. The van der Waals surface area contributed by atoms with Crippen molar-refractivity contribution in [3.8, 4) is 0 Å². The molecule has 0 N–H and O–H groups in total. The van der Waals surface area contributed by atoms with Crippen molar-refractivity contribution in [2.75, 3.05) is 4.90 Å². The molecule has 0 saturated carbocycles. The van der Waals surface area contributed by atoms with E-state index < -0.39 is 0 Å². The van der Waals surface area contributed by atoms with Gasteiger partial charge < -0.3 is 4.90 Å². The third-order valence-electron chi connectivity index (χ3n) is 4.85. The number of carbonyl (C=O) groups is 1. The summed E-state index contributed by atoms with van der Waals surface area (Å²) in [5, 5.41) is 0.631. The Morgan fingerprint density at radius 1 is 1.00 bits per heavy atom. The molecule has 1 amide bonds. The minimum atomic E-state index is -0.170. The predicted octanol–water partition coefficient (Wildman–Crippen LogP) is 3.36. The van der Waals surface area contributed by atoms with E-state index >= 15 is 0 Å². The first kappa shape index (κ1) is 14.4. The molecule has 116 valence electrons. The number of carbonyl (C=O) groups excluding carboxylic acids is 1. The zero-order valence-corrected chi connectivity index (χ0v) is 14.1. The molecule has 2 aromatic rings. The second-order valence-electron chi connectivity index (χ2n) is 6.31. The average molecular weight is 322 g/mol. The molecule has 4 heteroatoms. The third kappa shape index (κ3) is 2.09. The SMILES string of the molecule is Cc1cccc(C)c1N1C(=O)C2Cc3ccccc3CN2C1=S. The Kier molecular flexibility index (Phi) is 3.23. The summed E-state index contributed by atoms with van der Waals surface area (Å²) >= 11 is 5.68. The number of fused-ring (bicyclic) bond motifs is 2. The first-order chi connectivity index (χ1) is 11.1. The highest BCUT2D eigenvalue weighted by atomic mass is 32.1. The number of rotatable bonds is 1. The summed E-state index contributed by atoms with van der Waals surface area (Å²) in [5.41, 5.74) is 5.63. The molecule has 0 radical (unpaired) electrons. The van der Waals surface area contributed by atoms with Crippen LogP contribution in [0.5, 0.6) is 0 Å². The summed E-state index contributed by atoms with van der Waals surface area (Å²) < 4.78 is 0. The normalized spacial score (nSPS) is 19.8. The van der Waals surface area contributed by atoms with Gasteiger partial charge in [-0.2, -0.15) is 0 Å². The highest BCUT2D eigenvalue weighted by Crippen LogP contribution is 2.35. The Morgan fingerprint density at radius 2 is 1.65 bits per heavy atom. The minimum absolute atomic E-state index is 0.0990. The molecule has 0 bridgehead atoms. The minimum Gasteiger partial charge on any atom is -0.332 e. The van der Waals surface area contributed by atoms with Crippen LogP contribution < -0.4 is 4.90 Å². The van der Waals surface area contributed by atoms with Gasteiger partial charge in [0.25, 0.3) is 5.91 Å². The molecule has 2 aliphatic heterocycles. The van der Waals surface area contributed by atoms with Crippen molar-refractivity contribution in [1.29, 1.82) is 0 Å². The van der Waals surface area contributed by atoms with E-state index in [1.165, 1.54) is 11.1 Å². The lowest BCUT2D eigenvalue weighted by Gasteiger charge is -2.30. The molecule has 2 heterocycles. The standard InChI is InChI=1S/C19H18N2OS/c1-12-6-5-7-13(2)17(12)21-18(22)16-10-14-8-3-4-9-15(14)11-20(16)19(21)23/h3-9,16H,10-11H2,1-2H3. The fraction of sp³-hybridized carbons (Fsp3) is 0.263. The van der Waals surface area contributed by atoms with Crippen LogP contribution in [0.3, 0.4) is 0 Å². The maximum atomic E-state index is 13.1. The monoisotopic (exact) mass is 322 g/mol. The lowest BCUT2D eigenvalue weighted by molar-refractivity contribution is -0.120. The summed E-state index contributed by atoms with van der Waals surface area (Å²) in [5.74, 6) is 0.0990. The number of para-hydroxylation sites is 1. The zero-order valence-electron chi connectivity index (χ0n) is 13.2. The van der Waals surface area contributed by atoms with Crippen molar-refractivity contribution < 1.29 is 4.79 Å². The average Bonchev–Trinajstić information content (AvgIpc) is 2.78. The third-order valence-corrected chi connectivity index (χ3v) is 5.27. The van der Waals surface area contributed by atoms with E-state index in [9.17, 15) is 4.79 Å². The van der Waals surface area contributed by atoms with Gasteiger partial charge in [0.05, 0.1) is 5.69 Å². The molecule has 1 unspecified atom stereocenters. The van der Waals surface area contributed by atoms with Crippen LogP contribution in [0.4, 0.5) is 5.69 Å². The molecule has 2 aliphatic rings. The zero-order chi connectivity index (χ0) is 16.1. The van der Waals surface area contributed by atoms with Crippen LogP contribution in [0.25, 0.3) is 0 Å². The largest absolute Gasteiger partial charge is 0.332 e. The second-order valence-corrected chi connectivity index (χ2v) is 6.68. The van der Waals surface area contributed by atoms with Crippen molar-refractivity contribution in [3.63, 3.8) is 0 Å². The summed E-state index contributed by atoms with van der Waals surface area (Å²) in [6, 6.07) is 14.2. The topological polar surface area (TPSA) is 23.6 Å². The Bertz CT molecular complexity index is 767. The number of hydrogen-bond donors (Lipinski definition) is 0. The van der Waals surface area contributed by atoms with Crippen molar-refractivity contribution >= 4 is 28.9 Å². The molecule has 2 aromatic carbocycles. The maximum Gasteiger partial charge on any atom is 0.256 e. The van der Waals surface area contributed by atoms with Gasteiger partial charge in [0.2, 0.25) is 0 Å². The van der Waals surface area contributed by atoms with Gasteiger partial charge in [0.1, 0.15) is 6.04 Å². The number of nitrogens with zero attached hydrogens (tertiary/aromatic N) is 2. The Labute approximate surface area is 141 Å². The summed E-state index contributed by atoms with van der Waals surface area (Å²) in [6.07, 6.45) is 0.733. The van der Waals surface area contributed by atoms with Crippen LogP contribution in [0, 0.1) is 13.8 Å². The first-order valence-corrected chi connectivity index (χ1v) is 8.26. The van der Waals surface area contributed by atoms with Crippen molar-refractivity contribution in [1.82, 2.24) is 4.90 Å². The predicted molar refractivity (Wildman–Crippen MR) is 95.5 cm³/mol. The molecule has 3 nitrogen and oxygen atoms in total. The van der Waals surface area contributed by atoms with E-state index in [-0.39, 0.29) is 11.9 Å². The molecule has 4 rings (SSSR count). The van der Waals surface area contributed by atoms with Gasteiger partial charge in [0, 0.05) is 13.0 Å².